The van der Waals surface area contributed by atoms with E-state index in [4.69, 9.17) is 18.9 Å². The van der Waals surface area contributed by atoms with Crippen LogP contribution in [-0.2, 0) is 14.3 Å². The average Bonchev–Trinajstić information content (AvgIpc) is 2.55. The summed E-state index contributed by atoms with van der Waals surface area (Å²) in [4.78, 5) is 11.7. The van der Waals surface area contributed by atoms with Crippen molar-refractivity contribution < 1.29 is 28.8 Å². The first-order chi connectivity index (χ1) is 10.7. The van der Waals surface area contributed by atoms with Gasteiger partial charge in [-0.2, -0.15) is 0 Å². The Bertz CT molecular complexity index is 495. The van der Waals surface area contributed by atoms with Crippen LogP contribution in [0.4, 0.5) is 0 Å². The van der Waals surface area contributed by atoms with Gasteiger partial charge in [0.25, 0.3) is 0 Å². The van der Waals surface area contributed by atoms with Gasteiger partial charge in [-0.1, -0.05) is 12.1 Å². The molecule has 6 heteroatoms. The van der Waals surface area contributed by atoms with E-state index in [1.165, 1.54) is 7.11 Å². The molecular formula is C16H22O6. The molecule has 1 fully saturated rings. The molecule has 1 unspecified atom stereocenters. The first-order valence-corrected chi connectivity index (χ1v) is 7.43. The van der Waals surface area contributed by atoms with Gasteiger partial charge in [0.1, 0.15) is 6.10 Å². The Labute approximate surface area is 129 Å². The standard InChI is InChI=1S/C16H22O6/c1-3-21-16(18)14(17)12-5-4-6-13(15(12)19-2)22-11-7-9-20-10-8-11/h4-6,11,14,17H,3,7-10H2,1-2H3. The van der Waals surface area contributed by atoms with Gasteiger partial charge in [0.05, 0.1) is 26.9 Å². The highest BCUT2D eigenvalue weighted by Gasteiger charge is 2.26. The van der Waals surface area contributed by atoms with Gasteiger partial charge in [0.2, 0.25) is 0 Å². The van der Waals surface area contributed by atoms with Gasteiger partial charge < -0.3 is 24.1 Å². The Morgan fingerprint density at radius 2 is 2.14 bits per heavy atom. The lowest BCUT2D eigenvalue weighted by molar-refractivity contribution is -0.153. The summed E-state index contributed by atoms with van der Waals surface area (Å²) < 4.78 is 21.4. The molecule has 22 heavy (non-hydrogen) atoms. The van der Waals surface area contributed by atoms with Gasteiger partial charge in [0, 0.05) is 18.4 Å². The number of carbonyl (C=O) groups excluding carboxylic acids is 1. The van der Waals surface area contributed by atoms with E-state index in [2.05, 4.69) is 0 Å². The maximum absolute atomic E-state index is 11.7. The Hall–Kier alpha value is -1.79. The summed E-state index contributed by atoms with van der Waals surface area (Å²) in [5.41, 5.74) is 0.338. The van der Waals surface area contributed by atoms with Crippen LogP contribution in [0.25, 0.3) is 0 Å². The maximum Gasteiger partial charge on any atom is 0.339 e. The molecule has 0 radical (unpaired) electrons. The summed E-state index contributed by atoms with van der Waals surface area (Å²) in [6.45, 7) is 3.22. The topological polar surface area (TPSA) is 74.2 Å². The number of esters is 1. The zero-order chi connectivity index (χ0) is 15.9. The van der Waals surface area contributed by atoms with Crippen LogP contribution in [0.3, 0.4) is 0 Å². The van der Waals surface area contributed by atoms with Crippen molar-refractivity contribution in [3.63, 3.8) is 0 Å². The van der Waals surface area contributed by atoms with Gasteiger partial charge in [-0.05, 0) is 13.0 Å². The third-order valence-electron chi connectivity index (χ3n) is 3.48. The maximum atomic E-state index is 11.7. The number of hydrogen-bond donors (Lipinski definition) is 1. The summed E-state index contributed by atoms with van der Waals surface area (Å²) in [5, 5.41) is 10.1. The van der Waals surface area contributed by atoms with Gasteiger partial charge in [-0.25, -0.2) is 4.79 Å². The normalized spacial score (nSPS) is 16.9. The van der Waals surface area contributed by atoms with Crippen LogP contribution in [-0.4, -0.2) is 44.1 Å². The number of benzene rings is 1. The molecule has 6 nitrogen and oxygen atoms in total. The fourth-order valence-corrected chi connectivity index (χ4v) is 2.38. The van der Waals surface area contributed by atoms with E-state index in [0.29, 0.717) is 30.3 Å². The summed E-state index contributed by atoms with van der Waals surface area (Å²) in [7, 11) is 1.48. The minimum absolute atomic E-state index is 0.0395. The van der Waals surface area contributed by atoms with Crippen LogP contribution in [0.1, 0.15) is 31.4 Å². The minimum atomic E-state index is -1.40. The zero-order valence-corrected chi connectivity index (χ0v) is 12.9. The highest BCUT2D eigenvalue weighted by molar-refractivity contribution is 5.77. The molecule has 0 saturated carbocycles. The number of para-hydroxylation sites is 1. The summed E-state index contributed by atoms with van der Waals surface area (Å²) in [6, 6.07) is 5.10. The Morgan fingerprint density at radius 3 is 2.77 bits per heavy atom. The van der Waals surface area contributed by atoms with E-state index < -0.39 is 12.1 Å². The van der Waals surface area contributed by atoms with E-state index >= 15 is 0 Å². The Morgan fingerprint density at radius 1 is 1.41 bits per heavy atom. The van der Waals surface area contributed by atoms with Crippen molar-refractivity contribution in [2.75, 3.05) is 26.9 Å². The van der Waals surface area contributed by atoms with Crippen LogP contribution >= 0.6 is 0 Å². The molecule has 0 amide bonds. The summed E-state index contributed by atoms with van der Waals surface area (Å²) >= 11 is 0. The monoisotopic (exact) mass is 310 g/mol. The lowest BCUT2D eigenvalue weighted by atomic mass is 10.1. The Balaban J connectivity index is 2.20. The van der Waals surface area contributed by atoms with Crippen LogP contribution in [0.15, 0.2) is 18.2 Å². The molecule has 1 aromatic carbocycles. The average molecular weight is 310 g/mol. The molecule has 1 heterocycles. The van der Waals surface area contributed by atoms with E-state index in [1.54, 1.807) is 25.1 Å². The number of aliphatic hydroxyl groups excluding tert-OH is 1. The van der Waals surface area contributed by atoms with Crippen molar-refractivity contribution in [3.05, 3.63) is 23.8 Å². The third-order valence-corrected chi connectivity index (χ3v) is 3.48. The van der Waals surface area contributed by atoms with E-state index in [0.717, 1.165) is 12.8 Å². The first-order valence-electron chi connectivity index (χ1n) is 7.43. The molecule has 122 valence electrons. The second-order valence-corrected chi connectivity index (χ2v) is 4.96. The van der Waals surface area contributed by atoms with Crippen LogP contribution in [0.5, 0.6) is 11.5 Å². The molecular weight excluding hydrogens is 288 g/mol. The quantitative estimate of drug-likeness (QED) is 0.808. The van der Waals surface area contributed by atoms with Crippen molar-refractivity contribution in [2.45, 2.75) is 32.0 Å². The molecule has 1 aliphatic heterocycles. The smallest absolute Gasteiger partial charge is 0.339 e. The number of methoxy groups -OCH3 is 1. The molecule has 2 rings (SSSR count). The Kier molecular flexibility index (Phi) is 6.03. The molecule has 0 aliphatic carbocycles. The second-order valence-electron chi connectivity index (χ2n) is 4.96. The number of carbonyl (C=O) groups is 1. The number of aliphatic hydroxyl groups is 1. The lowest BCUT2D eigenvalue weighted by Crippen LogP contribution is -2.26. The minimum Gasteiger partial charge on any atom is -0.492 e. The van der Waals surface area contributed by atoms with Crippen LogP contribution in [0, 0.1) is 0 Å². The third kappa shape index (κ3) is 3.90. The fraction of sp³-hybridized carbons (Fsp3) is 0.562. The molecule has 1 N–H and O–H groups in total. The predicted octanol–water partition coefficient (Wildman–Crippen LogP) is 1.85. The second kappa shape index (κ2) is 8.00. The van der Waals surface area contributed by atoms with Gasteiger partial charge in [-0.3, -0.25) is 0 Å². The zero-order valence-electron chi connectivity index (χ0n) is 12.9. The molecule has 0 bridgehead atoms. The summed E-state index contributed by atoms with van der Waals surface area (Å²) in [6.07, 6.45) is 0.243. The van der Waals surface area contributed by atoms with Crippen molar-refractivity contribution in [3.8, 4) is 11.5 Å². The van der Waals surface area contributed by atoms with E-state index in [1.807, 2.05) is 0 Å². The largest absolute Gasteiger partial charge is 0.492 e. The molecule has 1 atom stereocenters. The van der Waals surface area contributed by atoms with Crippen molar-refractivity contribution in [1.29, 1.82) is 0 Å². The van der Waals surface area contributed by atoms with E-state index in [-0.39, 0.29) is 12.7 Å². The fourth-order valence-electron chi connectivity index (χ4n) is 2.38. The van der Waals surface area contributed by atoms with Crippen molar-refractivity contribution in [2.24, 2.45) is 0 Å². The number of hydrogen-bond acceptors (Lipinski definition) is 6. The molecule has 1 aliphatic rings. The van der Waals surface area contributed by atoms with E-state index in [9.17, 15) is 9.90 Å². The lowest BCUT2D eigenvalue weighted by Gasteiger charge is -2.25. The summed E-state index contributed by atoms with van der Waals surface area (Å²) in [5.74, 6) is 0.161. The highest BCUT2D eigenvalue weighted by atomic mass is 16.5. The molecule has 1 aromatic rings. The van der Waals surface area contributed by atoms with Crippen LogP contribution < -0.4 is 9.47 Å². The predicted molar refractivity (Wildman–Crippen MR) is 79.1 cm³/mol. The van der Waals surface area contributed by atoms with Gasteiger partial charge >= 0.3 is 5.97 Å². The van der Waals surface area contributed by atoms with Crippen molar-refractivity contribution >= 4 is 5.97 Å². The van der Waals surface area contributed by atoms with Gasteiger partial charge in [0.15, 0.2) is 17.6 Å². The number of ether oxygens (including phenoxy) is 4. The number of rotatable bonds is 6. The van der Waals surface area contributed by atoms with Crippen LogP contribution in [0.2, 0.25) is 0 Å². The molecule has 0 aromatic heterocycles. The van der Waals surface area contributed by atoms with Gasteiger partial charge in [-0.15, -0.1) is 0 Å². The molecule has 0 spiro atoms. The van der Waals surface area contributed by atoms with Crippen molar-refractivity contribution in [1.82, 2.24) is 0 Å². The first kappa shape index (κ1) is 16.6. The SMILES string of the molecule is CCOC(=O)C(O)c1cccc(OC2CCOCC2)c1OC. The highest BCUT2D eigenvalue weighted by Crippen LogP contribution is 2.36. The molecule has 1 saturated heterocycles.